The zero-order chi connectivity index (χ0) is 20.6. The van der Waals surface area contributed by atoms with Crippen LogP contribution >= 0.6 is 11.6 Å². The lowest BCUT2D eigenvalue weighted by atomic mass is 10.1. The van der Waals surface area contributed by atoms with Crippen LogP contribution in [0, 0.1) is 0 Å². The molecule has 7 nitrogen and oxygen atoms in total. The molecule has 1 aliphatic rings. The molecule has 0 aliphatic carbocycles. The molecule has 1 aliphatic heterocycles. The molecule has 3 heterocycles. The summed E-state index contributed by atoms with van der Waals surface area (Å²) in [7, 11) is 0. The molecule has 0 bridgehead atoms. The molecular weight excluding hydrogens is 390 g/mol. The largest absolute Gasteiger partial charge is 0.444 e. The van der Waals surface area contributed by atoms with Crippen LogP contribution < -0.4 is 4.90 Å². The van der Waals surface area contributed by atoms with E-state index < -0.39 is 5.60 Å². The molecule has 1 aromatic carbocycles. The van der Waals surface area contributed by atoms with Gasteiger partial charge in [-0.25, -0.2) is 14.8 Å². The van der Waals surface area contributed by atoms with E-state index in [1.165, 1.54) is 0 Å². The highest BCUT2D eigenvalue weighted by molar-refractivity contribution is 6.31. The minimum absolute atomic E-state index is 0.269. The lowest BCUT2D eigenvalue weighted by Gasteiger charge is -2.36. The average molecular weight is 414 g/mol. The molecule has 8 heteroatoms. The topological polar surface area (TPSA) is 63.5 Å². The Morgan fingerprint density at radius 3 is 2.55 bits per heavy atom. The Morgan fingerprint density at radius 1 is 1.14 bits per heavy atom. The van der Waals surface area contributed by atoms with E-state index in [0.717, 1.165) is 22.4 Å². The first kappa shape index (κ1) is 19.5. The van der Waals surface area contributed by atoms with E-state index in [4.69, 9.17) is 21.3 Å². The van der Waals surface area contributed by atoms with E-state index in [1.807, 2.05) is 49.7 Å². The zero-order valence-corrected chi connectivity index (χ0v) is 17.6. The summed E-state index contributed by atoms with van der Waals surface area (Å²) in [6.07, 6.45) is 5.16. The number of hydrogen-bond acceptors (Lipinski definition) is 5. The predicted molar refractivity (Wildman–Crippen MR) is 114 cm³/mol. The zero-order valence-electron chi connectivity index (χ0n) is 16.8. The van der Waals surface area contributed by atoms with Crippen LogP contribution in [0.15, 0.2) is 43.0 Å². The van der Waals surface area contributed by atoms with Crippen molar-refractivity contribution >= 4 is 34.4 Å². The molecule has 0 atom stereocenters. The smallest absolute Gasteiger partial charge is 0.410 e. The van der Waals surface area contributed by atoms with Gasteiger partial charge in [0.1, 0.15) is 11.4 Å². The molecule has 1 saturated heterocycles. The number of halogens is 1. The van der Waals surface area contributed by atoms with Crippen molar-refractivity contribution in [3.8, 4) is 5.69 Å². The number of nitrogens with zero attached hydrogens (tertiary/aromatic N) is 5. The van der Waals surface area contributed by atoms with E-state index in [0.29, 0.717) is 31.2 Å². The Morgan fingerprint density at radius 2 is 1.90 bits per heavy atom. The highest BCUT2D eigenvalue weighted by atomic mass is 35.5. The molecule has 1 fully saturated rings. The van der Waals surface area contributed by atoms with Crippen molar-refractivity contribution in [1.82, 2.24) is 19.4 Å². The SMILES string of the molecule is CC(C)(C)OC(=O)N1CCN(c2cc(-n3ccnc3)c3ccc(Cl)cc3n2)CC1. The van der Waals surface area contributed by atoms with Crippen LogP contribution in [0.4, 0.5) is 10.6 Å². The second kappa shape index (κ2) is 7.55. The summed E-state index contributed by atoms with van der Waals surface area (Å²) in [6, 6.07) is 7.77. The van der Waals surface area contributed by atoms with Crippen LogP contribution in [-0.2, 0) is 4.74 Å². The molecule has 4 rings (SSSR count). The number of ether oxygens (including phenoxy) is 1. The van der Waals surface area contributed by atoms with Gasteiger partial charge >= 0.3 is 6.09 Å². The number of imidazole rings is 1. The first-order valence-corrected chi connectivity index (χ1v) is 9.99. The van der Waals surface area contributed by atoms with Crippen LogP contribution in [0.2, 0.25) is 5.02 Å². The van der Waals surface area contributed by atoms with Crippen LogP contribution in [0.25, 0.3) is 16.6 Å². The summed E-state index contributed by atoms with van der Waals surface area (Å²) in [4.78, 5) is 25.3. The van der Waals surface area contributed by atoms with Crippen molar-refractivity contribution in [2.24, 2.45) is 0 Å². The molecule has 0 saturated carbocycles. The minimum Gasteiger partial charge on any atom is -0.444 e. The van der Waals surface area contributed by atoms with Gasteiger partial charge in [-0.3, -0.25) is 0 Å². The summed E-state index contributed by atoms with van der Waals surface area (Å²) < 4.78 is 7.46. The molecule has 2 aromatic heterocycles. The molecule has 0 unspecified atom stereocenters. The fraction of sp³-hybridized carbons (Fsp3) is 0.381. The third-order valence-electron chi connectivity index (χ3n) is 4.77. The van der Waals surface area contributed by atoms with Crippen LogP contribution in [-0.4, -0.2) is 57.3 Å². The lowest BCUT2D eigenvalue weighted by molar-refractivity contribution is 0.0240. The maximum atomic E-state index is 12.3. The quantitative estimate of drug-likeness (QED) is 0.632. The Hall–Kier alpha value is -2.80. The molecule has 1 amide bonds. The summed E-state index contributed by atoms with van der Waals surface area (Å²) in [6.45, 7) is 8.17. The monoisotopic (exact) mass is 413 g/mol. The van der Waals surface area contributed by atoms with E-state index in [1.54, 1.807) is 17.4 Å². The summed E-state index contributed by atoms with van der Waals surface area (Å²) in [5, 5.41) is 1.65. The standard InChI is InChI=1S/C21H24ClN5O2/c1-21(2,3)29-20(28)26-10-8-25(9-11-26)19-13-18(27-7-6-23-14-27)16-5-4-15(22)12-17(16)24-19/h4-7,12-14H,8-11H2,1-3H3. The molecule has 3 aromatic rings. The number of piperazine rings is 1. The highest BCUT2D eigenvalue weighted by Crippen LogP contribution is 2.28. The van der Waals surface area contributed by atoms with Crippen LogP contribution in [0.5, 0.6) is 0 Å². The minimum atomic E-state index is -0.493. The third kappa shape index (κ3) is 4.29. The number of rotatable bonds is 2. The van der Waals surface area contributed by atoms with E-state index in [-0.39, 0.29) is 6.09 Å². The molecule has 29 heavy (non-hydrogen) atoms. The predicted octanol–water partition coefficient (Wildman–Crippen LogP) is 4.13. The summed E-state index contributed by atoms with van der Waals surface area (Å²) >= 11 is 6.21. The highest BCUT2D eigenvalue weighted by Gasteiger charge is 2.26. The number of aromatic nitrogens is 3. The second-order valence-electron chi connectivity index (χ2n) is 8.09. The Bertz CT molecular complexity index is 1020. The number of fused-ring (bicyclic) bond motifs is 1. The number of pyridine rings is 1. The van der Waals surface area contributed by atoms with Crippen molar-refractivity contribution in [3.63, 3.8) is 0 Å². The van der Waals surface area contributed by atoms with Gasteiger partial charge in [-0.05, 0) is 39.0 Å². The molecule has 0 radical (unpaired) electrons. The second-order valence-corrected chi connectivity index (χ2v) is 8.52. The lowest BCUT2D eigenvalue weighted by Crippen LogP contribution is -2.50. The molecule has 152 valence electrons. The first-order chi connectivity index (χ1) is 13.8. The maximum Gasteiger partial charge on any atom is 0.410 e. The van der Waals surface area contributed by atoms with Crippen LogP contribution in [0.1, 0.15) is 20.8 Å². The van der Waals surface area contributed by atoms with Gasteiger partial charge in [-0.15, -0.1) is 0 Å². The molecular formula is C21H24ClN5O2. The van der Waals surface area contributed by atoms with Gasteiger partial charge in [0, 0.05) is 55.0 Å². The van der Waals surface area contributed by atoms with E-state index >= 15 is 0 Å². The van der Waals surface area contributed by atoms with Gasteiger partial charge < -0.3 is 19.1 Å². The summed E-state index contributed by atoms with van der Waals surface area (Å²) in [5.41, 5.74) is 1.33. The fourth-order valence-corrected chi connectivity index (χ4v) is 3.56. The van der Waals surface area contributed by atoms with Gasteiger partial charge in [-0.1, -0.05) is 11.6 Å². The number of carbonyl (C=O) groups is 1. The molecule has 0 N–H and O–H groups in total. The number of carbonyl (C=O) groups excluding carboxylic acids is 1. The van der Waals surface area contributed by atoms with Gasteiger partial charge in [0.2, 0.25) is 0 Å². The molecule has 0 spiro atoms. The van der Waals surface area contributed by atoms with Crippen molar-refractivity contribution in [1.29, 1.82) is 0 Å². The van der Waals surface area contributed by atoms with E-state index in [9.17, 15) is 4.79 Å². The van der Waals surface area contributed by atoms with E-state index in [2.05, 4.69) is 16.0 Å². The Balaban J connectivity index is 1.60. The fourth-order valence-electron chi connectivity index (χ4n) is 3.39. The van der Waals surface area contributed by atoms with Crippen molar-refractivity contribution in [2.75, 3.05) is 31.1 Å². The van der Waals surface area contributed by atoms with Gasteiger partial charge in [0.25, 0.3) is 0 Å². The Labute approximate surface area is 174 Å². The first-order valence-electron chi connectivity index (χ1n) is 9.62. The normalized spacial score (nSPS) is 15.0. The van der Waals surface area contributed by atoms with Gasteiger partial charge in [0.15, 0.2) is 0 Å². The number of benzene rings is 1. The number of anilines is 1. The third-order valence-corrected chi connectivity index (χ3v) is 5.01. The maximum absolute atomic E-state index is 12.3. The van der Waals surface area contributed by atoms with Gasteiger partial charge in [-0.2, -0.15) is 0 Å². The summed E-state index contributed by atoms with van der Waals surface area (Å²) in [5.74, 6) is 0.854. The van der Waals surface area contributed by atoms with Crippen molar-refractivity contribution in [3.05, 3.63) is 48.0 Å². The van der Waals surface area contributed by atoms with Crippen molar-refractivity contribution < 1.29 is 9.53 Å². The average Bonchev–Trinajstić information content (AvgIpc) is 3.20. The van der Waals surface area contributed by atoms with Gasteiger partial charge in [0.05, 0.1) is 17.5 Å². The number of amides is 1. The Kier molecular flexibility index (Phi) is 5.08. The van der Waals surface area contributed by atoms with Crippen molar-refractivity contribution in [2.45, 2.75) is 26.4 Å². The number of hydrogen-bond donors (Lipinski definition) is 0. The van der Waals surface area contributed by atoms with Crippen LogP contribution in [0.3, 0.4) is 0 Å².